The topological polar surface area (TPSA) is 35.3 Å². The van der Waals surface area contributed by atoms with Crippen molar-refractivity contribution in [3.8, 4) is 17.1 Å². The van der Waals surface area contributed by atoms with E-state index in [0.717, 1.165) is 24.0 Å². The highest BCUT2D eigenvalue weighted by atomic mass is 16.6. The predicted octanol–water partition coefficient (Wildman–Crippen LogP) is 3.32. The van der Waals surface area contributed by atoms with Crippen LogP contribution in [0.5, 0.6) is 5.95 Å². The maximum Gasteiger partial charge on any atom is 0.319 e. The number of unbranched alkanes of at least 4 members (excludes halogenated alkanes) is 1. The molecular weight excluding hydrogens is 202 g/mol. The van der Waals surface area contributed by atoms with Crippen molar-refractivity contribution >= 4 is 0 Å². The Bertz CT molecular complexity index is 423. The van der Waals surface area contributed by atoms with Gasteiger partial charge in [0.05, 0.1) is 12.2 Å². The third kappa shape index (κ3) is 2.42. The molecule has 0 saturated carbocycles. The van der Waals surface area contributed by atoms with Gasteiger partial charge < -0.3 is 9.26 Å². The Morgan fingerprint density at radius 1 is 1.31 bits per heavy atom. The first-order valence-electron chi connectivity index (χ1n) is 5.47. The summed E-state index contributed by atoms with van der Waals surface area (Å²) in [6, 6.07) is 9.86. The fourth-order valence-electron chi connectivity index (χ4n) is 1.40. The Kier molecular flexibility index (Phi) is 3.59. The van der Waals surface area contributed by atoms with Gasteiger partial charge in [0.25, 0.3) is 0 Å². The Hall–Kier alpha value is -1.77. The maximum atomic E-state index is 5.51. The smallest absolute Gasteiger partial charge is 0.319 e. The first-order valence-corrected chi connectivity index (χ1v) is 5.47. The third-order valence-corrected chi connectivity index (χ3v) is 2.28. The molecule has 0 fully saturated rings. The minimum absolute atomic E-state index is 0.458. The van der Waals surface area contributed by atoms with Crippen LogP contribution in [-0.2, 0) is 0 Å². The molecule has 0 aliphatic rings. The number of rotatable bonds is 5. The van der Waals surface area contributed by atoms with Crippen LogP contribution in [0, 0.1) is 6.20 Å². The van der Waals surface area contributed by atoms with E-state index in [1.807, 2.05) is 30.3 Å². The Morgan fingerprint density at radius 3 is 2.88 bits per heavy atom. The lowest BCUT2D eigenvalue weighted by molar-refractivity contribution is 0.212. The number of nitrogens with zero attached hydrogens (tertiary/aromatic N) is 1. The average molecular weight is 216 g/mol. The molecule has 3 nitrogen and oxygen atoms in total. The molecule has 1 radical (unpaired) electrons. The fourth-order valence-corrected chi connectivity index (χ4v) is 1.40. The molecule has 2 rings (SSSR count). The average Bonchev–Trinajstić information content (AvgIpc) is 2.79. The molecule has 0 aliphatic heterocycles. The highest BCUT2D eigenvalue weighted by Gasteiger charge is 2.11. The van der Waals surface area contributed by atoms with E-state index in [-0.39, 0.29) is 0 Å². The third-order valence-electron chi connectivity index (χ3n) is 2.28. The summed E-state index contributed by atoms with van der Waals surface area (Å²) in [5, 5.41) is 3.65. The number of hydrogen-bond donors (Lipinski definition) is 0. The molecule has 1 aromatic carbocycles. The first-order chi connectivity index (χ1) is 7.92. The number of ether oxygens (including phenoxy) is 1. The standard InChI is InChI=1S/C13H14NO2/c1-2-3-9-15-13-12(10-14-16-13)11-7-5-4-6-8-11/h4-8H,2-3,9H2,1H3. The van der Waals surface area contributed by atoms with Crippen molar-refractivity contribution in [2.75, 3.05) is 6.61 Å². The Morgan fingerprint density at radius 2 is 2.12 bits per heavy atom. The summed E-state index contributed by atoms with van der Waals surface area (Å²) in [4.78, 5) is 0. The van der Waals surface area contributed by atoms with Gasteiger partial charge in [-0.1, -0.05) is 48.8 Å². The van der Waals surface area contributed by atoms with Crippen LogP contribution in [0.25, 0.3) is 11.1 Å². The molecular formula is C13H14NO2. The first kappa shape index (κ1) is 10.7. The van der Waals surface area contributed by atoms with Gasteiger partial charge in [-0.2, -0.15) is 0 Å². The highest BCUT2D eigenvalue weighted by molar-refractivity contribution is 5.66. The lowest BCUT2D eigenvalue weighted by Gasteiger charge is -2.02. The van der Waals surface area contributed by atoms with Crippen LogP contribution in [-0.4, -0.2) is 11.8 Å². The quantitative estimate of drug-likeness (QED) is 0.719. The molecule has 0 N–H and O–H groups in total. The predicted molar refractivity (Wildman–Crippen MR) is 61.2 cm³/mol. The zero-order valence-electron chi connectivity index (χ0n) is 9.27. The van der Waals surface area contributed by atoms with Gasteiger partial charge in [0, 0.05) is 0 Å². The molecule has 1 heterocycles. The van der Waals surface area contributed by atoms with Gasteiger partial charge in [0.15, 0.2) is 0 Å². The van der Waals surface area contributed by atoms with Crippen LogP contribution in [0.4, 0.5) is 0 Å². The second kappa shape index (κ2) is 5.35. The Labute approximate surface area is 95.0 Å². The molecule has 16 heavy (non-hydrogen) atoms. The zero-order valence-corrected chi connectivity index (χ0v) is 9.27. The number of benzene rings is 1. The van der Waals surface area contributed by atoms with E-state index in [1.165, 1.54) is 0 Å². The lowest BCUT2D eigenvalue weighted by atomic mass is 10.1. The van der Waals surface area contributed by atoms with Gasteiger partial charge in [0.2, 0.25) is 0 Å². The highest BCUT2D eigenvalue weighted by Crippen LogP contribution is 2.28. The summed E-state index contributed by atoms with van der Waals surface area (Å²) in [6.45, 7) is 2.77. The molecule has 3 heteroatoms. The molecule has 0 aliphatic carbocycles. The molecule has 1 aromatic heterocycles. The second-order valence-corrected chi connectivity index (χ2v) is 3.52. The van der Waals surface area contributed by atoms with E-state index < -0.39 is 0 Å². The van der Waals surface area contributed by atoms with Crippen molar-refractivity contribution in [3.05, 3.63) is 36.5 Å². The van der Waals surface area contributed by atoms with E-state index in [4.69, 9.17) is 9.26 Å². The monoisotopic (exact) mass is 216 g/mol. The van der Waals surface area contributed by atoms with Gasteiger partial charge >= 0.3 is 5.95 Å². The van der Waals surface area contributed by atoms with Crippen LogP contribution >= 0.6 is 0 Å². The maximum absolute atomic E-state index is 5.51. The van der Waals surface area contributed by atoms with Crippen molar-refractivity contribution < 1.29 is 9.26 Å². The summed E-state index contributed by atoms with van der Waals surface area (Å²) in [5.74, 6) is 0.458. The van der Waals surface area contributed by atoms with Crippen molar-refractivity contribution in [1.29, 1.82) is 0 Å². The van der Waals surface area contributed by atoms with E-state index in [9.17, 15) is 0 Å². The van der Waals surface area contributed by atoms with Crippen molar-refractivity contribution in [1.82, 2.24) is 5.16 Å². The fraction of sp³-hybridized carbons (Fsp3) is 0.308. The van der Waals surface area contributed by atoms with Gasteiger partial charge in [-0.3, -0.25) is 0 Å². The molecule has 0 bridgehead atoms. The van der Waals surface area contributed by atoms with E-state index in [0.29, 0.717) is 12.6 Å². The Balaban J connectivity index is 2.13. The zero-order chi connectivity index (χ0) is 11.2. The van der Waals surface area contributed by atoms with Gasteiger partial charge in [-0.15, -0.1) is 0 Å². The van der Waals surface area contributed by atoms with Crippen LogP contribution in [0.15, 0.2) is 34.9 Å². The van der Waals surface area contributed by atoms with Crippen LogP contribution < -0.4 is 4.74 Å². The van der Waals surface area contributed by atoms with Gasteiger partial charge in [-0.05, 0) is 12.0 Å². The molecule has 0 spiro atoms. The summed E-state index contributed by atoms with van der Waals surface area (Å²) in [5.41, 5.74) is 1.80. The minimum Gasteiger partial charge on any atom is -0.463 e. The molecule has 0 atom stereocenters. The van der Waals surface area contributed by atoms with Crippen molar-refractivity contribution in [3.63, 3.8) is 0 Å². The van der Waals surface area contributed by atoms with Crippen LogP contribution in [0.3, 0.4) is 0 Å². The van der Waals surface area contributed by atoms with Crippen LogP contribution in [0.1, 0.15) is 19.8 Å². The van der Waals surface area contributed by atoms with E-state index in [1.54, 1.807) is 0 Å². The van der Waals surface area contributed by atoms with E-state index in [2.05, 4.69) is 18.3 Å². The summed E-state index contributed by atoms with van der Waals surface area (Å²) < 4.78 is 10.5. The second-order valence-electron chi connectivity index (χ2n) is 3.52. The molecule has 83 valence electrons. The molecule has 2 aromatic rings. The molecule has 0 saturated heterocycles. The minimum atomic E-state index is 0.458. The molecule has 0 unspecified atom stereocenters. The summed E-state index contributed by atoms with van der Waals surface area (Å²) in [6.07, 6.45) is 4.91. The van der Waals surface area contributed by atoms with Gasteiger partial charge in [0.1, 0.15) is 6.20 Å². The SMILES string of the molecule is CCCCOc1on[c]c1-c1ccccc1. The number of hydrogen-bond acceptors (Lipinski definition) is 3. The van der Waals surface area contributed by atoms with Crippen molar-refractivity contribution in [2.24, 2.45) is 0 Å². The van der Waals surface area contributed by atoms with E-state index >= 15 is 0 Å². The summed E-state index contributed by atoms with van der Waals surface area (Å²) in [7, 11) is 0. The van der Waals surface area contributed by atoms with Crippen LogP contribution in [0.2, 0.25) is 0 Å². The summed E-state index contributed by atoms with van der Waals surface area (Å²) >= 11 is 0. The lowest BCUT2D eigenvalue weighted by Crippen LogP contribution is -1.96. The number of aromatic nitrogens is 1. The molecule has 0 amide bonds. The van der Waals surface area contributed by atoms with Crippen molar-refractivity contribution in [2.45, 2.75) is 19.8 Å². The largest absolute Gasteiger partial charge is 0.463 e. The normalized spacial score (nSPS) is 10.3. The van der Waals surface area contributed by atoms with Gasteiger partial charge in [-0.25, -0.2) is 0 Å².